The van der Waals surface area contributed by atoms with Crippen molar-refractivity contribution in [1.29, 1.82) is 0 Å². The van der Waals surface area contributed by atoms with Gasteiger partial charge in [-0.3, -0.25) is 4.99 Å². The van der Waals surface area contributed by atoms with Gasteiger partial charge in [0.25, 0.3) is 0 Å². The molecule has 2 rings (SSSR count). The monoisotopic (exact) mass is 346 g/mol. The molecule has 1 unspecified atom stereocenters. The number of aliphatic hydroxyl groups is 1. The van der Waals surface area contributed by atoms with E-state index in [0.29, 0.717) is 6.54 Å². The van der Waals surface area contributed by atoms with Crippen molar-refractivity contribution in [1.82, 2.24) is 15.5 Å². The van der Waals surface area contributed by atoms with Gasteiger partial charge in [0.2, 0.25) is 0 Å². The lowest BCUT2D eigenvalue weighted by atomic mass is 10.0. The lowest BCUT2D eigenvalue weighted by Gasteiger charge is -2.21. The molecule has 1 heterocycles. The number of hydrogen-bond donors (Lipinski definition) is 3. The van der Waals surface area contributed by atoms with Crippen LogP contribution in [0.2, 0.25) is 0 Å². The predicted octanol–water partition coefficient (Wildman–Crippen LogP) is 2.19. The summed E-state index contributed by atoms with van der Waals surface area (Å²) >= 11 is 0. The van der Waals surface area contributed by atoms with Crippen molar-refractivity contribution in [2.45, 2.75) is 38.0 Å². The number of likely N-dealkylation sites (tertiary alicyclic amines) is 1. The summed E-state index contributed by atoms with van der Waals surface area (Å²) in [7, 11) is 1.79. The molecule has 1 atom stereocenters. The zero-order valence-corrected chi connectivity index (χ0v) is 15.6. The molecule has 0 bridgehead atoms. The first kappa shape index (κ1) is 19.7. The molecule has 0 aromatic heterocycles. The summed E-state index contributed by atoms with van der Waals surface area (Å²) in [6.45, 7) is 5.39. The fourth-order valence-electron chi connectivity index (χ4n) is 3.32. The second-order valence-electron chi connectivity index (χ2n) is 6.78. The Morgan fingerprint density at radius 3 is 2.48 bits per heavy atom. The average Bonchev–Trinajstić information content (AvgIpc) is 2.93. The normalized spacial score (nSPS) is 17.8. The van der Waals surface area contributed by atoms with E-state index in [1.54, 1.807) is 7.05 Å². The van der Waals surface area contributed by atoms with Crippen molar-refractivity contribution in [2.75, 3.05) is 46.4 Å². The first-order valence-electron chi connectivity index (χ1n) is 9.66. The van der Waals surface area contributed by atoms with E-state index in [9.17, 15) is 5.11 Å². The van der Waals surface area contributed by atoms with Crippen molar-refractivity contribution in [3.8, 4) is 0 Å². The van der Waals surface area contributed by atoms with Gasteiger partial charge in [-0.2, -0.15) is 0 Å². The van der Waals surface area contributed by atoms with E-state index in [4.69, 9.17) is 0 Å². The first-order chi connectivity index (χ1) is 12.3. The summed E-state index contributed by atoms with van der Waals surface area (Å²) in [6.07, 6.45) is 6.59. The molecule has 1 aromatic carbocycles. The van der Waals surface area contributed by atoms with Crippen LogP contribution in [-0.4, -0.2) is 62.3 Å². The van der Waals surface area contributed by atoms with Gasteiger partial charge in [0.15, 0.2) is 5.96 Å². The van der Waals surface area contributed by atoms with E-state index < -0.39 is 0 Å². The Hall–Kier alpha value is -1.59. The van der Waals surface area contributed by atoms with E-state index in [0.717, 1.165) is 31.0 Å². The number of hydrogen-bond acceptors (Lipinski definition) is 3. The molecule has 25 heavy (non-hydrogen) atoms. The molecule has 5 heteroatoms. The average molecular weight is 347 g/mol. The van der Waals surface area contributed by atoms with E-state index in [1.807, 2.05) is 18.2 Å². The molecule has 1 aliphatic rings. The third-order valence-electron chi connectivity index (χ3n) is 4.87. The summed E-state index contributed by atoms with van der Waals surface area (Å²) in [5.41, 5.74) is 1.15. The molecule has 140 valence electrons. The van der Waals surface area contributed by atoms with Gasteiger partial charge in [-0.25, -0.2) is 0 Å². The number of rotatable bonds is 8. The Balaban J connectivity index is 1.66. The van der Waals surface area contributed by atoms with Gasteiger partial charge >= 0.3 is 0 Å². The standard InChI is InChI=1S/C20H34N4O/c1-21-20(22-12-9-15-24-13-7-2-3-8-14-24)23-16-19(17-25)18-10-5-4-6-11-18/h4-6,10-11,19,25H,2-3,7-9,12-17H2,1H3,(H2,21,22,23). The summed E-state index contributed by atoms with van der Waals surface area (Å²) in [6, 6.07) is 10.1. The first-order valence-corrected chi connectivity index (χ1v) is 9.66. The highest BCUT2D eigenvalue weighted by molar-refractivity contribution is 5.79. The molecule has 1 fully saturated rings. The molecule has 5 nitrogen and oxygen atoms in total. The summed E-state index contributed by atoms with van der Waals surface area (Å²) in [5.74, 6) is 0.891. The maximum atomic E-state index is 9.64. The maximum absolute atomic E-state index is 9.64. The number of guanidine groups is 1. The lowest BCUT2D eigenvalue weighted by Crippen LogP contribution is -2.41. The van der Waals surface area contributed by atoms with Crippen LogP contribution >= 0.6 is 0 Å². The van der Waals surface area contributed by atoms with Crippen molar-refractivity contribution in [3.05, 3.63) is 35.9 Å². The van der Waals surface area contributed by atoms with Crippen LogP contribution < -0.4 is 10.6 Å². The van der Waals surface area contributed by atoms with E-state index in [-0.39, 0.29) is 12.5 Å². The quantitative estimate of drug-likeness (QED) is 0.384. The number of nitrogens with one attached hydrogen (secondary N) is 2. The Bertz CT molecular complexity index is 484. The van der Waals surface area contributed by atoms with E-state index in [2.05, 4.69) is 32.7 Å². The molecule has 1 aromatic rings. The summed E-state index contributed by atoms with van der Waals surface area (Å²) in [4.78, 5) is 6.87. The van der Waals surface area contributed by atoms with E-state index >= 15 is 0 Å². The molecule has 0 amide bonds. The fraction of sp³-hybridized carbons (Fsp3) is 0.650. The third-order valence-corrected chi connectivity index (χ3v) is 4.87. The highest BCUT2D eigenvalue weighted by Gasteiger charge is 2.11. The predicted molar refractivity (Wildman–Crippen MR) is 105 cm³/mol. The van der Waals surface area contributed by atoms with Gasteiger partial charge in [-0.15, -0.1) is 0 Å². The van der Waals surface area contributed by atoms with Crippen LogP contribution in [0, 0.1) is 0 Å². The summed E-state index contributed by atoms with van der Waals surface area (Å²) in [5, 5.41) is 16.4. The minimum atomic E-state index is 0.0804. The van der Waals surface area contributed by atoms with Crippen LogP contribution in [0.3, 0.4) is 0 Å². The largest absolute Gasteiger partial charge is 0.396 e. The Kier molecular flexibility index (Phi) is 9.37. The molecule has 3 N–H and O–H groups in total. The van der Waals surface area contributed by atoms with Crippen LogP contribution in [0.1, 0.15) is 43.6 Å². The third kappa shape index (κ3) is 7.45. The zero-order valence-electron chi connectivity index (χ0n) is 15.6. The Morgan fingerprint density at radius 1 is 1.12 bits per heavy atom. The van der Waals surface area contributed by atoms with Crippen molar-refractivity contribution >= 4 is 5.96 Å². The second-order valence-corrected chi connectivity index (χ2v) is 6.78. The molecule has 1 saturated heterocycles. The fourth-order valence-corrected chi connectivity index (χ4v) is 3.32. The van der Waals surface area contributed by atoms with Crippen LogP contribution in [0.4, 0.5) is 0 Å². The molecular weight excluding hydrogens is 312 g/mol. The lowest BCUT2D eigenvalue weighted by molar-refractivity contribution is 0.265. The maximum Gasteiger partial charge on any atom is 0.191 e. The SMILES string of the molecule is CN=C(NCCCN1CCCCCC1)NCC(CO)c1ccccc1. The molecular formula is C20H34N4O. The minimum absolute atomic E-state index is 0.0804. The summed E-state index contributed by atoms with van der Waals surface area (Å²) < 4.78 is 0. The van der Waals surface area contributed by atoms with Gasteiger partial charge in [-0.05, 0) is 44.5 Å². The van der Waals surface area contributed by atoms with Gasteiger partial charge in [0.05, 0.1) is 6.61 Å². The number of nitrogens with zero attached hydrogens (tertiary/aromatic N) is 2. The topological polar surface area (TPSA) is 59.9 Å². The number of aliphatic hydroxyl groups excluding tert-OH is 1. The van der Waals surface area contributed by atoms with Crippen LogP contribution in [0.5, 0.6) is 0 Å². The van der Waals surface area contributed by atoms with Crippen molar-refractivity contribution < 1.29 is 5.11 Å². The van der Waals surface area contributed by atoms with Gasteiger partial charge in [0.1, 0.15) is 0 Å². The Labute approximate surface area is 152 Å². The number of benzene rings is 1. The van der Waals surface area contributed by atoms with E-state index in [1.165, 1.54) is 38.8 Å². The molecule has 0 spiro atoms. The molecule has 0 radical (unpaired) electrons. The van der Waals surface area contributed by atoms with Crippen LogP contribution in [-0.2, 0) is 0 Å². The highest BCUT2D eigenvalue weighted by Crippen LogP contribution is 2.13. The molecule has 1 aliphatic heterocycles. The van der Waals surface area contributed by atoms with Crippen LogP contribution in [0.25, 0.3) is 0 Å². The van der Waals surface area contributed by atoms with Gasteiger partial charge < -0.3 is 20.6 Å². The highest BCUT2D eigenvalue weighted by atomic mass is 16.3. The van der Waals surface area contributed by atoms with Gasteiger partial charge in [0, 0.05) is 26.1 Å². The molecule has 0 aliphatic carbocycles. The number of aliphatic imine (C=N–C) groups is 1. The minimum Gasteiger partial charge on any atom is -0.396 e. The molecule has 0 saturated carbocycles. The Morgan fingerprint density at radius 2 is 1.84 bits per heavy atom. The van der Waals surface area contributed by atoms with Crippen molar-refractivity contribution in [2.24, 2.45) is 4.99 Å². The van der Waals surface area contributed by atoms with Crippen LogP contribution in [0.15, 0.2) is 35.3 Å². The van der Waals surface area contributed by atoms with Gasteiger partial charge in [-0.1, -0.05) is 43.2 Å². The zero-order chi connectivity index (χ0) is 17.7. The smallest absolute Gasteiger partial charge is 0.191 e. The van der Waals surface area contributed by atoms with Crippen molar-refractivity contribution in [3.63, 3.8) is 0 Å². The second kappa shape index (κ2) is 11.9.